The molecule has 1 heterocycles. The van der Waals surface area contributed by atoms with Crippen LogP contribution in [0, 0.1) is 11.3 Å². The lowest BCUT2D eigenvalue weighted by Gasteiger charge is -2.36. The molecule has 0 aromatic heterocycles. The largest absolute Gasteiger partial charge is 0.397 e. The van der Waals surface area contributed by atoms with E-state index < -0.39 is 6.04 Å². The van der Waals surface area contributed by atoms with Crippen molar-refractivity contribution in [2.24, 2.45) is 0 Å². The first-order chi connectivity index (χ1) is 9.17. The van der Waals surface area contributed by atoms with Gasteiger partial charge in [-0.2, -0.15) is 5.26 Å². The summed E-state index contributed by atoms with van der Waals surface area (Å²) in [4.78, 5) is 13.8. The van der Waals surface area contributed by atoms with Gasteiger partial charge in [0.2, 0.25) is 5.91 Å². The Hall–Kier alpha value is -2.26. The highest BCUT2D eigenvalue weighted by molar-refractivity contribution is 5.87. The molecule has 0 bridgehead atoms. The highest BCUT2D eigenvalue weighted by Gasteiger charge is 2.30. The fourth-order valence-corrected chi connectivity index (χ4v) is 2.14. The number of morpholine rings is 1. The summed E-state index contributed by atoms with van der Waals surface area (Å²) < 4.78 is 5.34. The van der Waals surface area contributed by atoms with Gasteiger partial charge in [0.1, 0.15) is 6.04 Å². The van der Waals surface area contributed by atoms with Gasteiger partial charge in [-0.3, -0.25) is 4.79 Å². The van der Waals surface area contributed by atoms with E-state index in [2.05, 4.69) is 11.4 Å². The lowest BCUT2D eigenvalue weighted by Crippen LogP contribution is -2.53. The number of ether oxygens (including phenoxy) is 1. The van der Waals surface area contributed by atoms with Crippen molar-refractivity contribution in [2.45, 2.75) is 6.04 Å². The summed E-state index contributed by atoms with van der Waals surface area (Å²) in [7, 11) is 1.59. The number of hydrogen-bond acceptors (Lipinski definition) is 5. The van der Waals surface area contributed by atoms with E-state index >= 15 is 0 Å². The minimum Gasteiger partial charge on any atom is -0.397 e. The zero-order valence-electron chi connectivity index (χ0n) is 10.7. The number of benzene rings is 1. The average Bonchev–Trinajstić information content (AvgIpc) is 2.47. The van der Waals surface area contributed by atoms with E-state index in [0.717, 1.165) is 0 Å². The van der Waals surface area contributed by atoms with E-state index in [4.69, 9.17) is 15.7 Å². The maximum atomic E-state index is 11.9. The normalized spacial score (nSPS) is 18.7. The number of nitrogens with one attached hydrogen (secondary N) is 1. The molecular weight excluding hydrogens is 244 g/mol. The van der Waals surface area contributed by atoms with Gasteiger partial charge in [-0.05, 0) is 18.2 Å². The molecule has 0 aliphatic carbocycles. The third-order valence-electron chi connectivity index (χ3n) is 3.15. The number of amides is 1. The molecule has 100 valence electrons. The fourth-order valence-electron chi connectivity index (χ4n) is 2.14. The summed E-state index contributed by atoms with van der Waals surface area (Å²) in [6, 6.07) is 6.71. The molecule has 0 radical (unpaired) electrons. The number of anilines is 2. The minimum atomic E-state index is -0.421. The molecule has 6 nitrogen and oxygen atoms in total. The van der Waals surface area contributed by atoms with Gasteiger partial charge in [-0.1, -0.05) is 0 Å². The maximum Gasteiger partial charge on any atom is 0.244 e. The Balaban J connectivity index is 2.37. The fraction of sp³-hybridized carbons (Fsp3) is 0.385. The first-order valence-electron chi connectivity index (χ1n) is 6.03. The Kier molecular flexibility index (Phi) is 3.88. The van der Waals surface area contributed by atoms with Gasteiger partial charge in [0.15, 0.2) is 0 Å². The van der Waals surface area contributed by atoms with Crippen molar-refractivity contribution >= 4 is 17.3 Å². The third kappa shape index (κ3) is 2.61. The molecule has 1 atom stereocenters. The number of likely N-dealkylation sites (N-methyl/N-ethyl adjacent to an activating group) is 1. The zero-order valence-corrected chi connectivity index (χ0v) is 10.7. The Morgan fingerprint density at radius 1 is 1.63 bits per heavy atom. The molecule has 19 heavy (non-hydrogen) atoms. The molecule has 1 aromatic carbocycles. The van der Waals surface area contributed by atoms with Gasteiger partial charge in [-0.25, -0.2) is 0 Å². The van der Waals surface area contributed by atoms with Crippen LogP contribution in [0.2, 0.25) is 0 Å². The molecule has 2 rings (SSSR count). The Morgan fingerprint density at radius 2 is 2.42 bits per heavy atom. The number of nitrogens with zero attached hydrogens (tertiary/aromatic N) is 2. The van der Waals surface area contributed by atoms with Crippen LogP contribution >= 0.6 is 0 Å². The van der Waals surface area contributed by atoms with Crippen LogP contribution in [0.15, 0.2) is 18.2 Å². The van der Waals surface area contributed by atoms with Gasteiger partial charge in [-0.15, -0.1) is 0 Å². The average molecular weight is 260 g/mol. The van der Waals surface area contributed by atoms with E-state index in [-0.39, 0.29) is 5.91 Å². The predicted molar refractivity (Wildman–Crippen MR) is 71.6 cm³/mol. The number of carbonyl (C=O) groups is 1. The van der Waals surface area contributed by atoms with E-state index in [0.29, 0.717) is 36.7 Å². The molecule has 1 aromatic rings. The molecule has 6 heteroatoms. The SMILES string of the molecule is CNC(=O)C1COCCN1c1cc(C#N)ccc1N. The summed E-state index contributed by atoms with van der Waals surface area (Å²) in [5.74, 6) is -0.124. The lowest BCUT2D eigenvalue weighted by atomic mass is 10.1. The lowest BCUT2D eigenvalue weighted by molar-refractivity contribution is -0.124. The van der Waals surface area contributed by atoms with Gasteiger partial charge in [0.05, 0.1) is 36.2 Å². The third-order valence-corrected chi connectivity index (χ3v) is 3.15. The number of nitriles is 1. The monoisotopic (exact) mass is 260 g/mol. The van der Waals surface area contributed by atoms with Crippen LogP contribution in [0.1, 0.15) is 5.56 Å². The Morgan fingerprint density at radius 3 is 3.11 bits per heavy atom. The molecule has 1 unspecified atom stereocenters. The second-order valence-electron chi connectivity index (χ2n) is 4.28. The highest BCUT2D eigenvalue weighted by atomic mass is 16.5. The van der Waals surface area contributed by atoms with Crippen molar-refractivity contribution in [2.75, 3.05) is 37.4 Å². The number of nitrogen functional groups attached to an aromatic ring is 1. The van der Waals surface area contributed by atoms with Crippen LogP contribution < -0.4 is 16.0 Å². The second-order valence-corrected chi connectivity index (χ2v) is 4.28. The standard InChI is InChI=1S/C13H16N4O2/c1-16-13(18)12-8-19-5-4-17(12)11-6-9(7-14)2-3-10(11)15/h2-3,6,12H,4-5,8,15H2,1H3,(H,16,18). The van der Waals surface area contributed by atoms with Gasteiger partial charge in [0.25, 0.3) is 0 Å². The smallest absolute Gasteiger partial charge is 0.244 e. The summed E-state index contributed by atoms with van der Waals surface area (Å²) in [6.07, 6.45) is 0. The summed E-state index contributed by atoms with van der Waals surface area (Å²) in [5, 5.41) is 11.6. The maximum absolute atomic E-state index is 11.9. The van der Waals surface area contributed by atoms with Crippen LogP contribution in [0.25, 0.3) is 0 Å². The van der Waals surface area contributed by atoms with Crippen LogP contribution in [-0.4, -0.2) is 38.8 Å². The van der Waals surface area contributed by atoms with Crippen molar-refractivity contribution in [1.82, 2.24) is 5.32 Å². The van der Waals surface area contributed by atoms with Crippen LogP contribution in [-0.2, 0) is 9.53 Å². The van der Waals surface area contributed by atoms with E-state index in [1.165, 1.54) is 0 Å². The van der Waals surface area contributed by atoms with E-state index in [1.54, 1.807) is 25.2 Å². The molecule has 1 saturated heterocycles. The number of nitrogens with two attached hydrogens (primary N) is 1. The topological polar surface area (TPSA) is 91.4 Å². The molecule has 1 aliphatic heterocycles. The van der Waals surface area contributed by atoms with Gasteiger partial charge >= 0.3 is 0 Å². The second kappa shape index (κ2) is 5.59. The van der Waals surface area contributed by atoms with Crippen molar-refractivity contribution in [1.29, 1.82) is 5.26 Å². The molecule has 1 amide bonds. The molecular formula is C13H16N4O2. The summed E-state index contributed by atoms with van der Waals surface area (Å²) in [5.41, 5.74) is 7.73. The van der Waals surface area contributed by atoms with Crippen molar-refractivity contribution in [3.63, 3.8) is 0 Å². The van der Waals surface area contributed by atoms with E-state index in [1.807, 2.05) is 4.90 Å². The first kappa shape index (κ1) is 13.2. The predicted octanol–water partition coefficient (Wildman–Crippen LogP) is 0.0917. The van der Waals surface area contributed by atoms with Crippen molar-refractivity contribution < 1.29 is 9.53 Å². The molecule has 3 N–H and O–H groups in total. The first-order valence-corrected chi connectivity index (χ1v) is 6.03. The minimum absolute atomic E-state index is 0.124. The number of rotatable bonds is 2. The Labute approximate surface area is 111 Å². The molecule has 1 aliphatic rings. The van der Waals surface area contributed by atoms with Crippen molar-refractivity contribution in [3.8, 4) is 6.07 Å². The van der Waals surface area contributed by atoms with Gasteiger partial charge < -0.3 is 20.7 Å². The number of hydrogen-bond donors (Lipinski definition) is 2. The molecule has 0 spiro atoms. The van der Waals surface area contributed by atoms with Crippen LogP contribution in [0.5, 0.6) is 0 Å². The number of carbonyl (C=O) groups excluding carboxylic acids is 1. The Bertz CT molecular complexity index is 524. The molecule has 0 saturated carbocycles. The van der Waals surface area contributed by atoms with E-state index in [9.17, 15) is 4.79 Å². The van der Waals surface area contributed by atoms with Crippen LogP contribution in [0.3, 0.4) is 0 Å². The van der Waals surface area contributed by atoms with Crippen molar-refractivity contribution in [3.05, 3.63) is 23.8 Å². The summed E-state index contributed by atoms with van der Waals surface area (Å²) in [6.45, 7) is 1.41. The molecule has 1 fully saturated rings. The summed E-state index contributed by atoms with van der Waals surface area (Å²) >= 11 is 0. The quantitative estimate of drug-likeness (QED) is 0.735. The van der Waals surface area contributed by atoms with Crippen LogP contribution in [0.4, 0.5) is 11.4 Å². The zero-order chi connectivity index (χ0) is 13.8. The van der Waals surface area contributed by atoms with Gasteiger partial charge in [0, 0.05) is 13.6 Å². The highest BCUT2D eigenvalue weighted by Crippen LogP contribution is 2.27.